The van der Waals surface area contributed by atoms with Crippen LogP contribution in [0, 0.1) is 0 Å². The van der Waals surface area contributed by atoms with E-state index in [9.17, 15) is 0 Å². The third kappa shape index (κ3) is 3.10. The molecule has 1 saturated carbocycles. The molecule has 2 aliphatic rings. The van der Waals surface area contributed by atoms with Crippen LogP contribution in [0.2, 0.25) is 0 Å². The molecule has 0 aromatic carbocycles. The number of nitrogens with one attached hydrogen (secondary N) is 1. The highest BCUT2D eigenvalue weighted by molar-refractivity contribution is 7.99. The first kappa shape index (κ1) is 9.19. The number of thioether (sulfide) groups is 1. The zero-order valence-corrected chi connectivity index (χ0v) is 8.65. The Balaban J connectivity index is 1.77. The lowest BCUT2D eigenvalue weighted by Gasteiger charge is -2.18. The third-order valence-corrected chi connectivity index (χ3v) is 3.49. The zero-order valence-electron chi connectivity index (χ0n) is 7.83. The molecule has 0 atom stereocenters. The van der Waals surface area contributed by atoms with Crippen LogP contribution in [0.1, 0.15) is 25.7 Å². The lowest BCUT2D eigenvalue weighted by Crippen LogP contribution is -2.35. The van der Waals surface area contributed by atoms with E-state index in [0.717, 1.165) is 0 Å². The van der Waals surface area contributed by atoms with Crippen molar-refractivity contribution in [1.82, 2.24) is 5.32 Å². The lowest BCUT2D eigenvalue weighted by atomic mass is 10.2. The van der Waals surface area contributed by atoms with E-state index in [4.69, 9.17) is 5.73 Å². The molecule has 0 aromatic rings. The second kappa shape index (κ2) is 4.22. The monoisotopic (exact) mass is 199 g/mol. The van der Waals surface area contributed by atoms with Gasteiger partial charge in [0.2, 0.25) is 0 Å². The largest absolute Gasteiger partial charge is 0.370 e. The number of hydrogen-bond acceptors (Lipinski definition) is 2. The maximum atomic E-state index is 5.78. The van der Waals surface area contributed by atoms with Gasteiger partial charge in [-0.1, -0.05) is 0 Å². The summed E-state index contributed by atoms with van der Waals surface area (Å²) in [5, 5.41) is 3.22. The number of guanidine groups is 1. The van der Waals surface area contributed by atoms with Crippen molar-refractivity contribution in [2.45, 2.75) is 37.8 Å². The molecule has 1 saturated heterocycles. The van der Waals surface area contributed by atoms with Gasteiger partial charge in [-0.25, -0.2) is 0 Å². The van der Waals surface area contributed by atoms with Gasteiger partial charge < -0.3 is 11.1 Å². The summed E-state index contributed by atoms with van der Waals surface area (Å²) in [5.41, 5.74) is 5.78. The molecule has 2 rings (SSSR count). The molecule has 3 N–H and O–H groups in total. The van der Waals surface area contributed by atoms with E-state index >= 15 is 0 Å². The summed E-state index contributed by atoms with van der Waals surface area (Å²) in [6.45, 7) is 0. The maximum absolute atomic E-state index is 5.78. The van der Waals surface area contributed by atoms with Crippen molar-refractivity contribution in [3.63, 3.8) is 0 Å². The molecule has 0 radical (unpaired) electrons. The van der Waals surface area contributed by atoms with Crippen molar-refractivity contribution in [2.24, 2.45) is 10.7 Å². The van der Waals surface area contributed by atoms with Gasteiger partial charge in [0.1, 0.15) is 0 Å². The Kier molecular flexibility index (Phi) is 2.98. The summed E-state index contributed by atoms with van der Waals surface area (Å²) >= 11 is 2.02. The summed E-state index contributed by atoms with van der Waals surface area (Å²) in [6, 6.07) is 1.11. The standard InChI is InChI=1S/C9H17N3S/c10-9(11-7-1-2-7)12-8-3-5-13-6-4-8/h7-8H,1-6H2,(H3,10,11,12). The molecule has 0 aromatic heterocycles. The van der Waals surface area contributed by atoms with Crippen LogP contribution in [0.4, 0.5) is 0 Å². The molecule has 1 heterocycles. The fourth-order valence-electron chi connectivity index (χ4n) is 1.49. The van der Waals surface area contributed by atoms with Crippen LogP contribution in [0.3, 0.4) is 0 Å². The summed E-state index contributed by atoms with van der Waals surface area (Å²) in [6.07, 6.45) is 4.91. The Morgan fingerprint density at radius 1 is 1.23 bits per heavy atom. The van der Waals surface area contributed by atoms with Crippen molar-refractivity contribution >= 4 is 17.7 Å². The molecular weight excluding hydrogens is 182 g/mol. The van der Waals surface area contributed by atoms with Crippen LogP contribution in [0.15, 0.2) is 4.99 Å². The van der Waals surface area contributed by atoms with Gasteiger partial charge in [-0.15, -0.1) is 0 Å². The SMILES string of the molecule is NC(=NC1CCSCC1)NC1CC1. The second-order valence-corrected chi connectivity index (χ2v) is 5.00. The maximum Gasteiger partial charge on any atom is 0.189 e. The van der Waals surface area contributed by atoms with E-state index in [1.165, 1.54) is 37.2 Å². The average Bonchev–Trinajstić information content (AvgIpc) is 2.90. The van der Waals surface area contributed by atoms with E-state index in [-0.39, 0.29) is 0 Å². The van der Waals surface area contributed by atoms with Gasteiger partial charge in [0.25, 0.3) is 0 Å². The first-order chi connectivity index (χ1) is 6.34. The fraction of sp³-hybridized carbons (Fsp3) is 0.889. The van der Waals surface area contributed by atoms with Gasteiger partial charge in [0.05, 0.1) is 6.04 Å². The van der Waals surface area contributed by atoms with Gasteiger partial charge in [0.15, 0.2) is 5.96 Å². The van der Waals surface area contributed by atoms with Crippen molar-refractivity contribution < 1.29 is 0 Å². The minimum atomic E-state index is 0.479. The third-order valence-electron chi connectivity index (χ3n) is 2.44. The molecule has 13 heavy (non-hydrogen) atoms. The van der Waals surface area contributed by atoms with Gasteiger partial charge >= 0.3 is 0 Å². The minimum Gasteiger partial charge on any atom is -0.370 e. The van der Waals surface area contributed by atoms with Gasteiger partial charge in [-0.2, -0.15) is 11.8 Å². The summed E-state index contributed by atoms with van der Waals surface area (Å²) in [7, 11) is 0. The molecule has 3 nitrogen and oxygen atoms in total. The molecule has 1 aliphatic heterocycles. The predicted molar refractivity (Wildman–Crippen MR) is 58.1 cm³/mol. The van der Waals surface area contributed by atoms with Crippen molar-refractivity contribution in [1.29, 1.82) is 0 Å². The van der Waals surface area contributed by atoms with Crippen LogP contribution < -0.4 is 11.1 Å². The summed E-state index contributed by atoms with van der Waals surface area (Å²) < 4.78 is 0. The van der Waals surface area contributed by atoms with Gasteiger partial charge in [-0.3, -0.25) is 4.99 Å². The molecule has 0 bridgehead atoms. The molecule has 2 fully saturated rings. The molecular formula is C9H17N3S. The van der Waals surface area contributed by atoms with Crippen LogP contribution >= 0.6 is 11.8 Å². The Morgan fingerprint density at radius 2 is 1.92 bits per heavy atom. The summed E-state index contributed by atoms with van der Waals surface area (Å²) in [4.78, 5) is 4.49. The van der Waals surface area contributed by atoms with Crippen LogP contribution in [-0.2, 0) is 0 Å². The Hall–Kier alpha value is -0.380. The molecule has 4 heteroatoms. The predicted octanol–water partition coefficient (Wildman–Crippen LogP) is 0.949. The lowest BCUT2D eigenvalue weighted by molar-refractivity contribution is 0.621. The molecule has 0 unspecified atom stereocenters. The van der Waals surface area contributed by atoms with E-state index in [1.807, 2.05) is 11.8 Å². The number of aliphatic imine (C=N–C) groups is 1. The number of nitrogens with zero attached hydrogens (tertiary/aromatic N) is 1. The Bertz CT molecular complexity index is 195. The van der Waals surface area contributed by atoms with Crippen LogP contribution in [0.25, 0.3) is 0 Å². The summed E-state index contributed by atoms with van der Waals surface area (Å²) in [5.74, 6) is 3.15. The van der Waals surface area contributed by atoms with Crippen molar-refractivity contribution in [2.75, 3.05) is 11.5 Å². The molecule has 0 amide bonds. The normalized spacial score (nSPS) is 26.0. The van der Waals surface area contributed by atoms with E-state index in [1.54, 1.807) is 0 Å². The van der Waals surface area contributed by atoms with E-state index < -0.39 is 0 Å². The van der Waals surface area contributed by atoms with Gasteiger partial charge in [0, 0.05) is 6.04 Å². The Morgan fingerprint density at radius 3 is 2.54 bits per heavy atom. The van der Waals surface area contributed by atoms with Gasteiger partial charge in [-0.05, 0) is 37.2 Å². The quantitative estimate of drug-likeness (QED) is 0.514. The second-order valence-electron chi connectivity index (χ2n) is 3.78. The van der Waals surface area contributed by atoms with Crippen molar-refractivity contribution in [3.05, 3.63) is 0 Å². The number of rotatable bonds is 2. The first-order valence-corrected chi connectivity index (χ1v) is 6.17. The van der Waals surface area contributed by atoms with E-state index in [0.29, 0.717) is 18.0 Å². The smallest absolute Gasteiger partial charge is 0.189 e. The van der Waals surface area contributed by atoms with E-state index in [2.05, 4.69) is 10.3 Å². The Labute approximate surface area is 83.6 Å². The van der Waals surface area contributed by atoms with Crippen LogP contribution in [0.5, 0.6) is 0 Å². The molecule has 0 spiro atoms. The number of nitrogens with two attached hydrogens (primary N) is 1. The fourth-order valence-corrected chi connectivity index (χ4v) is 2.57. The average molecular weight is 199 g/mol. The molecule has 74 valence electrons. The molecule has 1 aliphatic carbocycles. The number of hydrogen-bond donors (Lipinski definition) is 2. The van der Waals surface area contributed by atoms with Crippen LogP contribution in [-0.4, -0.2) is 29.5 Å². The highest BCUT2D eigenvalue weighted by Crippen LogP contribution is 2.20. The first-order valence-electron chi connectivity index (χ1n) is 5.02. The highest BCUT2D eigenvalue weighted by atomic mass is 32.2. The van der Waals surface area contributed by atoms with Crippen molar-refractivity contribution in [3.8, 4) is 0 Å². The topological polar surface area (TPSA) is 50.4 Å². The highest BCUT2D eigenvalue weighted by Gasteiger charge is 2.22. The minimum absolute atomic E-state index is 0.479. The zero-order chi connectivity index (χ0) is 9.10.